The van der Waals surface area contributed by atoms with Crippen molar-refractivity contribution in [2.45, 2.75) is 19.3 Å². The molecule has 0 spiro atoms. The van der Waals surface area contributed by atoms with E-state index in [2.05, 4.69) is 12.2 Å². The summed E-state index contributed by atoms with van der Waals surface area (Å²) in [6.07, 6.45) is 2.44. The highest BCUT2D eigenvalue weighted by Crippen LogP contribution is 2.47. The standard InChI is InChI=1S/C18H15N3O4/c1-11-7-16(11)17-6-5-15(25-17)8-12(10-19)18(22)20-13-3-2-4-14(9-13)21(23)24/h2-6,8-9,11,16H,7H2,1H3,(H,20,22)/b12-8+/t11-,16-/m1/s1. The van der Waals surface area contributed by atoms with Crippen LogP contribution in [-0.2, 0) is 4.79 Å². The van der Waals surface area contributed by atoms with Gasteiger partial charge in [0.2, 0.25) is 0 Å². The molecule has 0 unspecified atom stereocenters. The summed E-state index contributed by atoms with van der Waals surface area (Å²) < 4.78 is 5.66. The van der Waals surface area contributed by atoms with E-state index in [1.807, 2.05) is 12.1 Å². The molecule has 1 fully saturated rings. The summed E-state index contributed by atoms with van der Waals surface area (Å²) in [5, 5.41) is 22.5. The van der Waals surface area contributed by atoms with Gasteiger partial charge in [0.15, 0.2) is 0 Å². The van der Waals surface area contributed by atoms with Crippen molar-refractivity contribution in [2.24, 2.45) is 5.92 Å². The molecular weight excluding hydrogens is 322 g/mol. The van der Waals surface area contributed by atoms with E-state index >= 15 is 0 Å². The molecule has 1 amide bonds. The van der Waals surface area contributed by atoms with E-state index in [4.69, 9.17) is 4.42 Å². The first-order valence-corrected chi connectivity index (χ1v) is 7.75. The van der Waals surface area contributed by atoms with Gasteiger partial charge in [0.1, 0.15) is 23.2 Å². The molecule has 1 aromatic carbocycles. The second-order valence-corrected chi connectivity index (χ2v) is 5.99. The van der Waals surface area contributed by atoms with Gasteiger partial charge in [-0.05, 0) is 30.5 Å². The SMILES string of the molecule is C[C@@H]1C[C@H]1c1ccc(/C=C(\C#N)C(=O)Nc2cccc([N+](=O)[O-])c2)o1. The Morgan fingerprint density at radius 2 is 2.20 bits per heavy atom. The van der Waals surface area contributed by atoms with E-state index in [0.29, 0.717) is 17.6 Å². The van der Waals surface area contributed by atoms with E-state index in [1.165, 1.54) is 30.3 Å². The highest BCUT2D eigenvalue weighted by Gasteiger charge is 2.36. The molecule has 1 saturated carbocycles. The maximum Gasteiger partial charge on any atom is 0.271 e. The smallest absolute Gasteiger partial charge is 0.271 e. The van der Waals surface area contributed by atoms with Gasteiger partial charge in [-0.25, -0.2) is 0 Å². The van der Waals surface area contributed by atoms with Crippen molar-refractivity contribution in [3.05, 3.63) is 63.6 Å². The zero-order valence-corrected chi connectivity index (χ0v) is 13.4. The number of anilines is 1. The lowest BCUT2D eigenvalue weighted by atomic mass is 10.2. The molecule has 7 nitrogen and oxygen atoms in total. The third-order valence-corrected chi connectivity index (χ3v) is 4.09. The Hall–Kier alpha value is -3.40. The van der Waals surface area contributed by atoms with E-state index in [1.54, 1.807) is 6.07 Å². The minimum Gasteiger partial charge on any atom is -0.461 e. The van der Waals surface area contributed by atoms with Gasteiger partial charge in [-0.15, -0.1) is 0 Å². The van der Waals surface area contributed by atoms with Gasteiger partial charge in [0, 0.05) is 29.8 Å². The fraction of sp³-hybridized carbons (Fsp3) is 0.222. The van der Waals surface area contributed by atoms with Crippen molar-refractivity contribution >= 4 is 23.4 Å². The molecule has 0 bridgehead atoms. The van der Waals surface area contributed by atoms with Crippen LogP contribution in [0.25, 0.3) is 6.08 Å². The third-order valence-electron chi connectivity index (χ3n) is 4.09. The van der Waals surface area contributed by atoms with E-state index in [0.717, 1.165) is 12.2 Å². The number of hydrogen-bond donors (Lipinski definition) is 1. The Bertz CT molecular complexity index is 907. The van der Waals surface area contributed by atoms with Crippen molar-refractivity contribution in [3.8, 4) is 6.07 Å². The molecule has 3 rings (SSSR count). The second-order valence-electron chi connectivity index (χ2n) is 5.99. The number of hydrogen-bond acceptors (Lipinski definition) is 5. The number of furan rings is 1. The monoisotopic (exact) mass is 337 g/mol. The maximum atomic E-state index is 12.2. The van der Waals surface area contributed by atoms with Crippen LogP contribution in [0.5, 0.6) is 0 Å². The minimum absolute atomic E-state index is 0.142. The molecule has 1 heterocycles. The Labute approximate surface area is 143 Å². The fourth-order valence-corrected chi connectivity index (χ4v) is 2.55. The van der Waals surface area contributed by atoms with Crippen LogP contribution < -0.4 is 5.32 Å². The number of nitro benzene ring substituents is 1. The van der Waals surface area contributed by atoms with Gasteiger partial charge in [0.25, 0.3) is 11.6 Å². The summed E-state index contributed by atoms with van der Waals surface area (Å²) >= 11 is 0. The Balaban J connectivity index is 1.75. The number of nitrogens with zero attached hydrogens (tertiary/aromatic N) is 2. The molecule has 0 saturated heterocycles. The van der Waals surface area contributed by atoms with Crippen molar-refractivity contribution < 1.29 is 14.1 Å². The average molecular weight is 337 g/mol. The van der Waals surface area contributed by atoms with Crippen LogP contribution in [0.2, 0.25) is 0 Å². The molecule has 1 aliphatic carbocycles. The largest absolute Gasteiger partial charge is 0.461 e. The number of nitrogens with one attached hydrogen (secondary N) is 1. The van der Waals surface area contributed by atoms with Gasteiger partial charge in [-0.3, -0.25) is 14.9 Å². The number of nitriles is 1. The zero-order chi connectivity index (χ0) is 18.0. The first kappa shape index (κ1) is 16.5. The van der Waals surface area contributed by atoms with Crippen molar-refractivity contribution in [1.82, 2.24) is 0 Å². The van der Waals surface area contributed by atoms with E-state index < -0.39 is 10.8 Å². The number of non-ortho nitro benzene ring substituents is 1. The summed E-state index contributed by atoms with van der Waals surface area (Å²) in [5.74, 6) is 1.64. The zero-order valence-electron chi connectivity index (χ0n) is 13.4. The lowest BCUT2D eigenvalue weighted by Crippen LogP contribution is -2.13. The van der Waals surface area contributed by atoms with Gasteiger partial charge >= 0.3 is 0 Å². The van der Waals surface area contributed by atoms with Crippen molar-refractivity contribution in [1.29, 1.82) is 5.26 Å². The van der Waals surface area contributed by atoms with Crippen LogP contribution in [0.1, 0.15) is 30.8 Å². The number of amides is 1. The predicted molar refractivity (Wildman–Crippen MR) is 90.5 cm³/mol. The third kappa shape index (κ3) is 3.75. The summed E-state index contributed by atoms with van der Waals surface area (Å²) in [4.78, 5) is 22.4. The Kier molecular flexibility index (Phi) is 4.35. The van der Waals surface area contributed by atoms with E-state index in [9.17, 15) is 20.2 Å². The first-order valence-electron chi connectivity index (χ1n) is 7.75. The molecule has 1 aliphatic rings. The molecule has 0 aliphatic heterocycles. The molecule has 1 N–H and O–H groups in total. The van der Waals surface area contributed by atoms with Crippen LogP contribution in [0, 0.1) is 27.4 Å². The average Bonchev–Trinajstić information content (AvgIpc) is 3.14. The fourth-order valence-electron chi connectivity index (χ4n) is 2.55. The number of benzene rings is 1. The molecule has 1 aromatic heterocycles. The van der Waals surface area contributed by atoms with Crippen LogP contribution in [0.15, 0.2) is 46.4 Å². The number of carbonyl (C=O) groups excluding carboxylic acids is 1. The summed E-state index contributed by atoms with van der Waals surface area (Å²) in [5.41, 5.74) is -0.0435. The highest BCUT2D eigenvalue weighted by atomic mass is 16.6. The molecule has 2 aromatic rings. The molecule has 126 valence electrons. The van der Waals surface area contributed by atoms with Crippen molar-refractivity contribution in [2.75, 3.05) is 5.32 Å². The normalized spacial score (nSPS) is 19.1. The molecule has 7 heteroatoms. The van der Waals surface area contributed by atoms with Gasteiger partial charge in [-0.2, -0.15) is 5.26 Å². The minimum atomic E-state index is -0.652. The second kappa shape index (κ2) is 6.61. The Morgan fingerprint density at radius 3 is 2.84 bits per heavy atom. The van der Waals surface area contributed by atoms with Crippen LogP contribution >= 0.6 is 0 Å². The van der Waals surface area contributed by atoms with Crippen LogP contribution in [0.3, 0.4) is 0 Å². The van der Waals surface area contributed by atoms with Gasteiger partial charge in [0.05, 0.1) is 4.92 Å². The lowest BCUT2D eigenvalue weighted by molar-refractivity contribution is -0.384. The molecular formula is C18H15N3O4. The number of carbonyl (C=O) groups is 1. The maximum absolute atomic E-state index is 12.2. The molecule has 2 atom stereocenters. The summed E-state index contributed by atoms with van der Waals surface area (Å²) in [6.45, 7) is 2.13. The summed E-state index contributed by atoms with van der Waals surface area (Å²) in [6, 6.07) is 10.9. The quantitative estimate of drug-likeness (QED) is 0.385. The molecule has 0 radical (unpaired) electrons. The number of nitro groups is 1. The number of rotatable bonds is 5. The first-order chi connectivity index (χ1) is 12.0. The van der Waals surface area contributed by atoms with E-state index in [-0.39, 0.29) is 16.9 Å². The lowest BCUT2D eigenvalue weighted by Gasteiger charge is -2.03. The Morgan fingerprint density at radius 1 is 1.44 bits per heavy atom. The van der Waals surface area contributed by atoms with Crippen molar-refractivity contribution in [3.63, 3.8) is 0 Å². The van der Waals surface area contributed by atoms with Crippen LogP contribution in [-0.4, -0.2) is 10.8 Å². The predicted octanol–water partition coefficient (Wildman–Crippen LogP) is 3.86. The highest BCUT2D eigenvalue weighted by molar-refractivity contribution is 6.09. The van der Waals surface area contributed by atoms with Gasteiger partial charge < -0.3 is 9.73 Å². The van der Waals surface area contributed by atoms with Gasteiger partial charge in [-0.1, -0.05) is 13.0 Å². The topological polar surface area (TPSA) is 109 Å². The summed E-state index contributed by atoms with van der Waals surface area (Å²) in [7, 11) is 0. The molecule has 25 heavy (non-hydrogen) atoms. The van der Waals surface area contributed by atoms with Crippen LogP contribution in [0.4, 0.5) is 11.4 Å².